The van der Waals surface area contributed by atoms with Crippen LogP contribution in [0.25, 0.3) is 111 Å². The second-order valence-electron chi connectivity index (χ2n) is 22.7. The van der Waals surface area contributed by atoms with Gasteiger partial charge in [0.05, 0.1) is 33.3 Å². The van der Waals surface area contributed by atoms with Gasteiger partial charge in [-0.15, -0.1) is 0 Å². The molecule has 1 saturated heterocycles. The molecule has 86 heavy (non-hydrogen) atoms. The summed E-state index contributed by atoms with van der Waals surface area (Å²) < 4.78 is 21.2. The van der Waals surface area contributed by atoms with Crippen molar-refractivity contribution in [1.29, 1.82) is 0 Å². The van der Waals surface area contributed by atoms with Gasteiger partial charge in [-0.1, -0.05) is 228 Å². The molecule has 0 radical (unpaired) electrons. The summed E-state index contributed by atoms with van der Waals surface area (Å²) in [5.41, 5.74) is 19.2. The summed E-state index contributed by atoms with van der Waals surface area (Å²) >= 11 is 9.42. The zero-order valence-electron chi connectivity index (χ0n) is 48.1. The summed E-state index contributed by atoms with van der Waals surface area (Å²) in [6, 6.07) is 104. The molecule has 0 saturated carbocycles. The van der Waals surface area contributed by atoms with Crippen molar-refractivity contribution in [3.05, 3.63) is 304 Å². The minimum absolute atomic E-state index is 0.395. The van der Waals surface area contributed by atoms with Gasteiger partial charge in [-0.25, -0.2) is 0 Å². The summed E-state index contributed by atoms with van der Waals surface area (Å²) in [5.74, 6) is 0. The highest BCUT2D eigenvalue weighted by Crippen LogP contribution is 2.41. The van der Waals surface area contributed by atoms with Gasteiger partial charge in [-0.2, -0.15) is 0 Å². The van der Waals surface area contributed by atoms with Crippen LogP contribution in [0.1, 0.15) is 27.7 Å². The first-order valence-electron chi connectivity index (χ1n) is 29.0. The van der Waals surface area contributed by atoms with Crippen molar-refractivity contribution in [3.8, 4) is 67.0 Å². The normalized spacial score (nSPS) is 13.4. The van der Waals surface area contributed by atoms with Gasteiger partial charge in [0.25, 0.3) is 0 Å². The summed E-state index contributed by atoms with van der Waals surface area (Å²) in [4.78, 5) is 0. The smallest absolute Gasteiger partial charge is 0.399 e. The molecule has 0 amide bonds. The van der Waals surface area contributed by atoms with Crippen molar-refractivity contribution < 1.29 is 9.31 Å². The molecule has 1 aliphatic heterocycles. The van der Waals surface area contributed by atoms with E-state index >= 15 is 0 Å². The summed E-state index contributed by atoms with van der Waals surface area (Å²) in [6.45, 7) is 8.40. The second-order valence-corrected chi connectivity index (χ2v) is 25.6. The molecule has 0 aliphatic carbocycles. The van der Waals surface area contributed by atoms with Gasteiger partial charge in [0.15, 0.2) is 0 Å². The minimum atomic E-state index is -0.420. The van der Waals surface area contributed by atoms with E-state index < -0.39 is 18.3 Å². The van der Waals surface area contributed by atoms with Gasteiger partial charge >= 0.3 is 7.12 Å². The van der Waals surface area contributed by atoms with E-state index in [9.17, 15) is 0 Å². The highest BCUT2D eigenvalue weighted by atomic mass is 127. The average Bonchev–Trinajstić information content (AvgIpc) is 2.61. The molecule has 14 aromatic rings. The summed E-state index contributed by atoms with van der Waals surface area (Å²) in [7, 11) is -0.420. The first kappa shape index (κ1) is 57.0. The Hall–Kier alpha value is -8.09. The maximum Gasteiger partial charge on any atom is 0.494 e. The van der Waals surface area contributed by atoms with E-state index in [-0.39, 0.29) is 0 Å². The number of aromatic nitrogens is 2. The molecule has 4 nitrogen and oxygen atoms in total. The Bertz CT molecular complexity index is 4600. The number of fused-ring (bicyclic) bond motifs is 6. The van der Waals surface area contributed by atoms with Crippen molar-refractivity contribution in [3.63, 3.8) is 0 Å². The standard InChI is InChI=1S/C36H32BNO2.C36H24BrN.C6H4BrI/c1-35(2)36(3,4)40-37(39-35)29-19-20-32-31-17-11-12-18-33(31)38(34(32)24-29)30-22-27(25-13-7-5-8-14-25)21-28(23-30)26-15-9-6-10-16-26;37-34-17-9-7-15-31(34)27-19-20-33-32-16-8-10-18-35(32)38(36(33)24-27)30-22-28(25-11-3-1-4-12-25)21-29(23-30)26-13-5-2-6-14-26;7-5-3-1-2-4-6(5)8/h5-24H,1-4H3;1-24H;1-4H. The largest absolute Gasteiger partial charge is 0.494 e. The van der Waals surface area contributed by atoms with Crippen LogP contribution >= 0.6 is 54.5 Å². The predicted molar refractivity (Wildman–Crippen MR) is 379 cm³/mol. The monoisotopic (exact) mass is 1350 g/mol. The molecule has 0 spiro atoms. The molecule has 0 N–H and O–H groups in total. The van der Waals surface area contributed by atoms with Crippen LogP contribution in [0.5, 0.6) is 0 Å². The highest BCUT2D eigenvalue weighted by Gasteiger charge is 2.51. The number of hydrogen-bond donors (Lipinski definition) is 0. The molecule has 1 fully saturated rings. The first-order valence-corrected chi connectivity index (χ1v) is 31.6. The van der Waals surface area contributed by atoms with Crippen LogP contribution in [0, 0.1) is 3.57 Å². The maximum absolute atomic E-state index is 6.44. The van der Waals surface area contributed by atoms with E-state index in [1.54, 1.807) is 0 Å². The van der Waals surface area contributed by atoms with Crippen LogP contribution in [0.3, 0.4) is 0 Å². The molecule has 3 heterocycles. The van der Waals surface area contributed by atoms with Crippen molar-refractivity contribution in [2.75, 3.05) is 0 Å². The number of benzene rings is 12. The molecule has 0 atom stereocenters. The van der Waals surface area contributed by atoms with E-state index in [1.165, 1.54) is 102 Å². The van der Waals surface area contributed by atoms with E-state index in [4.69, 9.17) is 9.31 Å². The molecular weight excluding hydrogens is 1290 g/mol. The van der Waals surface area contributed by atoms with E-state index in [0.29, 0.717) is 0 Å². The predicted octanol–water partition coefficient (Wildman–Crippen LogP) is 22.0. The van der Waals surface area contributed by atoms with E-state index in [2.05, 4.69) is 364 Å². The van der Waals surface area contributed by atoms with Gasteiger partial charge in [0.2, 0.25) is 0 Å². The fourth-order valence-electron chi connectivity index (χ4n) is 11.6. The number of halogens is 3. The lowest BCUT2D eigenvalue weighted by atomic mass is 9.79. The van der Waals surface area contributed by atoms with Gasteiger partial charge in [-0.05, 0) is 206 Å². The number of rotatable bonds is 8. The van der Waals surface area contributed by atoms with E-state index in [1.807, 2.05) is 18.2 Å². The SMILES string of the molecule is Brc1ccccc1-c1ccc2c3ccccc3n(-c3cc(-c4ccccc4)cc(-c4ccccc4)c3)c2c1.Brc1ccccc1I.CC1(C)OB(c2ccc3c4ccccc4n(-c4cc(-c5ccccc5)cc(-c5ccccc5)c4)c3c2)OC1(C)C. The van der Waals surface area contributed by atoms with Crippen LogP contribution in [-0.4, -0.2) is 27.5 Å². The first-order chi connectivity index (χ1) is 41.9. The Morgan fingerprint density at radius 3 is 1.09 bits per heavy atom. The third-order valence-electron chi connectivity index (χ3n) is 16.7. The number of hydrogen-bond acceptors (Lipinski definition) is 2. The summed E-state index contributed by atoms with van der Waals surface area (Å²) in [5, 5.41) is 4.95. The van der Waals surface area contributed by atoms with Gasteiger partial charge in [0.1, 0.15) is 0 Å². The molecule has 12 aromatic carbocycles. The molecule has 0 unspecified atom stereocenters. The van der Waals surface area contributed by atoms with Crippen LogP contribution in [0.4, 0.5) is 0 Å². The Morgan fingerprint density at radius 2 is 0.674 bits per heavy atom. The van der Waals surface area contributed by atoms with Crippen molar-refractivity contribution in [1.82, 2.24) is 9.13 Å². The molecular formula is C78H60BBr2IN2O2. The molecule has 2 aromatic heterocycles. The lowest BCUT2D eigenvalue weighted by molar-refractivity contribution is 0.00578. The van der Waals surface area contributed by atoms with Crippen LogP contribution in [0.15, 0.2) is 300 Å². The Balaban J connectivity index is 0.000000141. The lowest BCUT2D eigenvalue weighted by Gasteiger charge is -2.32. The lowest BCUT2D eigenvalue weighted by Crippen LogP contribution is -2.41. The van der Waals surface area contributed by atoms with Gasteiger partial charge in [0, 0.05) is 45.4 Å². The Labute approximate surface area is 534 Å². The number of nitrogens with zero attached hydrogens (tertiary/aromatic N) is 2. The third-order valence-corrected chi connectivity index (χ3v) is 19.8. The topological polar surface area (TPSA) is 28.3 Å². The average molecular weight is 1350 g/mol. The number of para-hydroxylation sites is 2. The second kappa shape index (κ2) is 24.4. The molecule has 15 rings (SSSR count). The van der Waals surface area contributed by atoms with Crippen molar-refractivity contribution >= 4 is 111 Å². The van der Waals surface area contributed by atoms with Crippen molar-refractivity contribution in [2.24, 2.45) is 0 Å². The van der Waals surface area contributed by atoms with Crippen LogP contribution in [-0.2, 0) is 9.31 Å². The molecule has 418 valence electrons. The minimum Gasteiger partial charge on any atom is -0.399 e. The van der Waals surface area contributed by atoms with Crippen LogP contribution in [0.2, 0.25) is 0 Å². The maximum atomic E-state index is 6.44. The van der Waals surface area contributed by atoms with Gasteiger partial charge in [-0.3, -0.25) is 0 Å². The molecule has 8 heteroatoms. The quantitative estimate of drug-likeness (QED) is 0.112. The highest BCUT2D eigenvalue weighted by molar-refractivity contribution is 14.1. The molecule has 0 bridgehead atoms. The third kappa shape index (κ3) is 11.4. The zero-order chi connectivity index (χ0) is 58.9. The van der Waals surface area contributed by atoms with Crippen molar-refractivity contribution in [2.45, 2.75) is 38.9 Å². The fraction of sp³-hybridized carbons (Fsp3) is 0.0769. The fourth-order valence-corrected chi connectivity index (χ4v) is 12.8. The summed E-state index contributed by atoms with van der Waals surface area (Å²) in [6.07, 6.45) is 0. The Kier molecular flexibility index (Phi) is 16.1. The van der Waals surface area contributed by atoms with E-state index in [0.717, 1.165) is 26.8 Å². The molecule has 1 aliphatic rings. The van der Waals surface area contributed by atoms with Gasteiger partial charge < -0.3 is 18.4 Å². The zero-order valence-corrected chi connectivity index (χ0v) is 53.5. The Morgan fingerprint density at radius 1 is 0.314 bits per heavy atom. The van der Waals surface area contributed by atoms with Crippen LogP contribution < -0.4 is 5.46 Å².